The van der Waals surface area contributed by atoms with E-state index in [9.17, 15) is 0 Å². The van der Waals surface area contributed by atoms with Crippen molar-refractivity contribution in [3.63, 3.8) is 0 Å². The standard InChI is InChI=1S/C13H27OSi2/c1-15(14-16(2,3)4)10-9-13-7-5-12(11-13)6-8-13/h12H,5-11H2,1-4H3. The fraction of sp³-hybridized carbons (Fsp3) is 1.00. The topological polar surface area (TPSA) is 9.23 Å². The van der Waals surface area contributed by atoms with E-state index in [0.29, 0.717) is 0 Å². The Kier molecular flexibility index (Phi) is 3.67. The van der Waals surface area contributed by atoms with Crippen molar-refractivity contribution in [2.45, 2.75) is 70.8 Å². The highest BCUT2D eigenvalue weighted by atomic mass is 28.4. The molecule has 93 valence electrons. The molecule has 3 heteroatoms. The molecular formula is C13H27OSi2. The zero-order valence-corrected chi connectivity index (χ0v) is 13.4. The number of rotatable bonds is 5. The lowest BCUT2D eigenvalue weighted by molar-refractivity contribution is 0.280. The molecule has 0 aliphatic heterocycles. The van der Waals surface area contributed by atoms with Crippen LogP contribution in [0.5, 0.6) is 0 Å². The van der Waals surface area contributed by atoms with Gasteiger partial charge in [0.2, 0.25) is 0 Å². The van der Waals surface area contributed by atoms with E-state index in [4.69, 9.17) is 4.12 Å². The zero-order valence-electron chi connectivity index (χ0n) is 11.4. The fourth-order valence-electron chi connectivity index (χ4n) is 3.68. The van der Waals surface area contributed by atoms with Gasteiger partial charge in [-0.3, -0.25) is 0 Å². The van der Waals surface area contributed by atoms with Crippen molar-refractivity contribution in [3.05, 3.63) is 0 Å². The summed E-state index contributed by atoms with van der Waals surface area (Å²) in [7, 11) is -1.78. The highest BCUT2D eigenvalue weighted by Gasteiger charge is 2.44. The van der Waals surface area contributed by atoms with Gasteiger partial charge in [0.1, 0.15) is 0 Å². The van der Waals surface area contributed by atoms with Crippen molar-refractivity contribution < 1.29 is 4.12 Å². The van der Waals surface area contributed by atoms with Crippen molar-refractivity contribution in [3.8, 4) is 0 Å². The number of hydrogen-bond acceptors (Lipinski definition) is 1. The first-order chi connectivity index (χ1) is 7.39. The Balaban J connectivity index is 1.75. The first-order valence-corrected chi connectivity index (χ1v) is 12.4. The molecule has 1 nitrogen and oxygen atoms in total. The SMILES string of the molecule is C[Si](CCC12CCC(CC1)C2)O[Si](C)(C)C. The third-order valence-electron chi connectivity index (χ3n) is 4.38. The van der Waals surface area contributed by atoms with Gasteiger partial charge in [0.05, 0.1) is 0 Å². The fourth-order valence-corrected chi connectivity index (χ4v) is 9.15. The third kappa shape index (κ3) is 3.20. The molecule has 2 saturated carbocycles. The summed E-state index contributed by atoms with van der Waals surface area (Å²) in [4.78, 5) is 0. The van der Waals surface area contributed by atoms with Crippen LogP contribution in [0.1, 0.15) is 38.5 Å². The maximum absolute atomic E-state index is 6.24. The lowest BCUT2D eigenvalue weighted by Gasteiger charge is -2.29. The van der Waals surface area contributed by atoms with E-state index in [1.54, 1.807) is 6.42 Å². The first kappa shape index (κ1) is 12.8. The monoisotopic (exact) mass is 255 g/mol. The Labute approximate surface area is 104 Å². The molecule has 16 heavy (non-hydrogen) atoms. The summed E-state index contributed by atoms with van der Waals surface area (Å²) >= 11 is 0. The van der Waals surface area contributed by atoms with E-state index in [1.807, 2.05) is 0 Å². The smallest absolute Gasteiger partial charge is 0.194 e. The maximum Gasteiger partial charge on any atom is 0.194 e. The number of fused-ring (bicyclic) bond motifs is 2. The molecule has 1 radical (unpaired) electrons. The summed E-state index contributed by atoms with van der Waals surface area (Å²) in [6.07, 6.45) is 9.13. The van der Waals surface area contributed by atoms with Crippen LogP contribution in [0.15, 0.2) is 0 Å². The van der Waals surface area contributed by atoms with E-state index in [2.05, 4.69) is 26.2 Å². The van der Waals surface area contributed by atoms with Gasteiger partial charge in [-0.15, -0.1) is 0 Å². The highest BCUT2D eigenvalue weighted by molar-refractivity contribution is 6.77. The highest BCUT2D eigenvalue weighted by Crippen LogP contribution is 2.56. The second-order valence-electron chi connectivity index (χ2n) is 7.06. The lowest BCUT2D eigenvalue weighted by Crippen LogP contribution is -2.33. The molecule has 2 aliphatic carbocycles. The van der Waals surface area contributed by atoms with Crippen molar-refractivity contribution in [2.24, 2.45) is 11.3 Å². The molecule has 0 aromatic rings. The molecule has 0 saturated heterocycles. The minimum atomic E-state index is -1.28. The molecular weight excluding hydrogens is 228 g/mol. The summed E-state index contributed by atoms with van der Waals surface area (Å²) in [5.74, 6) is 1.10. The van der Waals surface area contributed by atoms with Crippen molar-refractivity contribution in [1.82, 2.24) is 0 Å². The van der Waals surface area contributed by atoms with E-state index in [1.165, 1.54) is 38.1 Å². The quantitative estimate of drug-likeness (QED) is 0.660. The van der Waals surface area contributed by atoms with Crippen LogP contribution in [-0.2, 0) is 4.12 Å². The lowest BCUT2D eigenvalue weighted by atomic mass is 9.82. The van der Waals surface area contributed by atoms with Crippen LogP contribution in [0.4, 0.5) is 0 Å². The Morgan fingerprint density at radius 1 is 1.25 bits per heavy atom. The molecule has 2 fully saturated rings. The van der Waals surface area contributed by atoms with Crippen LogP contribution in [0.25, 0.3) is 0 Å². The van der Waals surface area contributed by atoms with E-state index < -0.39 is 17.4 Å². The van der Waals surface area contributed by atoms with E-state index in [-0.39, 0.29) is 0 Å². The van der Waals surface area contributed by atoms with Gasteiger partial charge in [-0.05, 0) is 82.1 Å². The summed E-state index contributed by atoms with van der Waals surface area (Å²) < 4.78 is 6.24. The molecule has 0 aromatic carbocycles. The van der Waals surface area contributed by atoms with Gasteiger partial charge in [-0.1, -0.05) is 0 Å². The Bertz CT molecular complexity index is 239. The normalized spacial score (nSPS) is 33.9. The van der Waals surface area contributed by atoms with Crippen molar-refractivity contribution in [1.29, 1.82) is 0 Å². The largest absolute Gasteiger partial charge is 0.456 e. The molecule has 0 unspecified atom stereocenters. The Morgan fingerprint density at radius 3 is 2.31 bits per heavy atom. The molecule has 2 bridgehead atoms. The minimum absolute atomic E-state index is 0.501. The molecule has 0 aromatic heterocycles. The van der Waals surface area contributed by atoms with Crippen LogP contribution in [-0.4, -0.2) is 17.4 Å². The maximum atomic E-state index is 6.24. The van der Waals surface area contributed by atoms with Crippen LogP contribution in [0, 0.1) is 11.3 Å². The van der Waals surface area contributed by atoms with Crippen LogP contribution < -0.4 is 0 Å². The molecule has 2 aliphatic rings. The molecule has 0 atom stereocenters. The minimum Gasteiger partial charge on any atom is -0.456 e. The number of hydrogen-bond donors (Lipinski definition) is 0. The average molecular weight is 256 g/mol. The Morgan fingerprint density at radius 2 is 1.88 bits per heavy atom. The molecule has 2 rings (SSSR count). The summed E-state index contributed by atoms with van der Waals surface area (Å²) in [5, 5.41) is 0. The predicted octanol–water partition coefficient (Wildman–Crippen LogP) is 4.43. The van der Waals surface area contributed by atoms with Gasteiger partial charge in [0.25, 0.3) is 0 Å². The van der Waals surface area contributed by atoms with Crippen molar-refractivity contribution in [2.75, 3.05) is 0 Å². The summed E-state index contributed by atoms with van der Waals surface area (Å²) in [6.45, 7) is 9.34. The molecule has 0 amide bonds. The first-order valence-electron chi connectivity index (χ1n) is 6.90. The molecule has 0 spiro atoms. The average Bonchev–Trinajstić information content (AvgIpc) is 2.72. The van der Waals surface area contributed by atoms with Gasteiger partial charge in [0.15, 0.2) is 17.4 Å². The van der Waals surface area contributed by atoms with E-state index in [0.717, 1.165) is 11.3 Å². The van der Waals surface area contributed by atoms with Gasteiger partial charge >= 0.3 is 0 Å². The second-order valence-corrected chi connectivity index (χ2v) is 14.0. The van der Waals surface area contributed by atoms with Crippen LogP contribution >= 0.6 is 0 Å². The van der Waals surface area contributed by atoms with Crippen molar-refractivity contribution >= 4 is 17.4 Å². The van der Waals surface area contributed by atoms with Crippen LogP contribution in [0.3, 0.4) is 0 Å². The van der Waals surface area contributed by atoms with Gasteiger partial charge in [-0.25, -0.2) is 0 Å². The zero-order chi connectivity index (χ0) is 11.8. The predicted molar refractivity (Wildman–Crippen MR) is 74.5 cm³/mol. The second kappa shape index (κ2) is 4.58. The Hall–Kier alpha value is 0.394. The third-order valence-corrected chi connectivity index (χ3v) is 9.17. The van der Waals surface area contributed by atoms with E-state index >= 15 is 0 Å². The van der Waals surface area contributed by atoms with Gasteiger partial charge < -0.3 is 4.12 Å². The molecule has 0 N–H and O–H groups in total. The van der Waals surface area contributed by atoms with Gasteiger partial charge in [0, 0.05) is 0 Å². The summed E-state index contributed by atoms with van der Waals surface area (Å²) in [5.41, 5.74) is 0.777. The van der Waals surface area contributed by atoms with Crippen LogP contribution in [0.2, 0.25) is 32.2 Å². The van der Waals surface area contributed by atoms with Gasteiger partial charge in [-0.2, -0.15) is 0 Å². The summed E-state index contributed by atoms with van der Waals surface area (Å²) in [6, 6.07) is 1.39. The molecule has 0 heterocycles.